The van der Waals surface area contributed by atoms with Gasteiger partial charge in [0.2, 0.25) is 0 Å². The summed E-state index contributed by atoms with van der Waals surface area (Å²) < 4.78 is 3.12. The van der Waals surface area contributed by atoms with E-state index in [4.69, 9.17) is 0 Å². The van der Waals surface area contributed by atoms with Crippen LogP contribution in [0.4, 0.5) is 16.2 Å². The van der Waals surface area contributed by atoms with Crippen molar-refractivity contribution < 1.29 is 9.72 Å². The summed E-state index contributed by atoms with van der Waals surface area (Å²) in [6.45, 7) is 0.621. The second-order valence-corrected chi connectivity index (χ2v) is 5.10. The predicted molar refractivity (Wildman–Crippen MR) is 89.5 cm³/mol. The molecule has 0 spiro atoms. The molecule has 0 fully saturated rings. The number of carbonyl (C=O) groups is 1. The number of nitrogens with zero attached hydrogens (tertiary/aromatic N) is 5. The zero-order chi connectivity index (χ0) is 17.6. The van der Waals surface area contributed by atoms with Crippen molar-refractivity contribution in [2.24, 2.45) is 0 Å². The molecule has 10 nitrogen and oxygen atoms in total. The Labute approximate surface area is 142 Å². The summed E-state index contributed by atoms with van der Waals surface area (Å²) in [4.78, 5) is 21.9. The molecule has 10 heteroatoms. The van der Waals surface area contributed by atoms with Gasteiger partial charge < -0.3 is 10.6 Å². The molecule has 0 atom stereocenters. The van der Waals surface area contributed by atoms with E-state index < -0.39 is 4.92 Å². The van der Waals surface area contributed by atoms with Crippen molar-refractivity contribution in [2.45, 2.75) is 6.54 Å². The minimum Gasteiger partial charge on any atom is -0.336 e. The van der Waals surface area contributed by atoms with Crippen LogP contribution in [0.1, 0.15) is 0 Å². The van der Waals surface area contributed by atoms with E-state index in [-0.39, 0.29) is 18.3 Å². The molecule has 0 unspecified atom stereocenters. The van der Waals surface area contributed by atoms with Crippen LogP contribution in [0.5, 0.6) is 0 Å². The van der Waals surface area contributed by atoms with Crippen molar-refractivity contribution in [3.63, 3.8) is 0 Å². The lowest BCUT2D eigenvalue weighted by Gasteiger charge is -2.08. The van der Waals surface area contributed by atoms with Crippen LogP contribution in [0, 0.1) is 10.1 Å². The van der Waals surface area contributed by atoms with Gasteiger partial charge in [-0.25, -0.2) is 9.48 Å². The number of amides is 2. The quantitative estimate of drug-likeness (QED) is 0.523. The second-order valence-electron chi connectivity index (χ2n) is 5.10. The number of nitro groups is 1. The van der Waals surface area contributed by atoms with Crippen LogP contribution in [0.2, 0.25) is 0 Å². The van der Waals surface area contributed by atoms with Gasteiger partial charge in [-0.15, -0.1) is 0 Å². The number of rotatable bonds is 6. The normalized spacial score (nSPS) is 10.4. The van der Waals surface area contributed by atoms with Gasteiger partial charge in [0, 0.05) is 24.6 Å². The summed E-state index contributed by atoms with van der Waals surface area (Å²) in [5.41, 5.74) is 1.45. The van der Waals surface area contributed by atoms with Crippen LogP contribution in [0.25, 0.3) is 5.69 Å². The zero-order valence-corrected chi connectivity index (χ0v) is 13.1. The Morgan fingerprint density at radius 1 is 1.24 bits per heavy atom. The van der Waals surface area contributed by atoms with E-state index >= 15 is 0 Å². The first-order valence-electron chi connectivity index (χ1n) is 7.43. The Bertz CT molecular complexity index is 856. The Balaban J connectivity index is 1.46. The lowest BCUT2D eigenvalue weighted by molar-refractivity contribution is -0.385. The molecule has 25 heavy (non-hydrogen) atoms. The number of urea groups is 1. The maximum absolute atomic E-state index is 11.9. The largest absolute Gasteiger partial charge is 0.336 e. The predicted octanol–water partition coefficient (Wildman–Crippen LogP) is 1.80. The van der Waals surface area contributed by atoms with Crippen LogP contribution in [0.3, 0.4) is 0 Å². The molecule has 0 radical (unpaired) electrons. The fourth-order valence-electron chi connectivity index (χ4n) is 2.15. The molecular formula is C15H15N7O3. The first-order chi connectivity index (χ1) is 12.1. The summed E-state index contributed by atoms with van der Waals surface area (Å²) >= 11 is 0. The average Bonchev–Trinajstić information content (AvgIpc) is 3.27. The molecule has 1 aromatic carbocycles. The summed E-state index contributed by atoms with van der Waals surface area (Å²) in [6.07, 6.45) is 6.00. The van der Waals surface area contributed by atoms with Crippen molar-refractivity contribution in [1.29, 1.82) is 0 Å². The monoisotopic (exact) mass is 341 g/mol. The highest BCUT2D eigenvalue weighted by Gasteiger charge is 2.08. The summed E-state index contributed by atoms with van der Waals surface area (Å²) in [7, 11) is 0. The molecule has 0 saturated carbocycles. The van der Waals surface area contributed by atoms with Gasteiger partial charge in [0.25, 0.3) is 0 Å². The van der Waals surface area contributed by atoms with Gasteiger partial charge in [-0.2, -0.15) is 10.2 Å². The van der Waals surface area contributed by atoms with Crippen LogP contribution in [-0.4, -0.2) is 37.1 Å². The summed E-state index contributed by atoms with van der Waals surface area (Å²) in [5.74, 6) is 0. The highest BCUT2D eigenvalue weighted by Crippen LogP contribution is 2.12. The lowest BCUT2D eigenvalue weighted by atomic mass is 10.3. The van der Waals surface area contributed by atoms with Crippen molar-refractivity contribution in [2.75, 3.05) is 11.9 Å². The van der Waals surface area contributed by atoms with E-state index in [1.54, 1.807) is 23.0 Å². The van der Waals surface area contributed by atoms with E-state index in [1.807, 2.05) is 24.4 Å². The standard InChI is InChI=1S/C15H15N7O3/c23-15(16-7-9-20-11-14(10-18-20)22(24)25)19-12-2-4-13(5-3-12)21-8-1-6-17-21/h1-6,8,10-11H,7,9H2,(H2,16,19,23). The van der Waals surface area contributed by atoms with Crippen LogP contribution in [0.15, 0.2) is 55.1 Å². The number of hydrogen-bond donors (Lipinski definition) is 2. The fraction of sp³-hybridized carbons (Fsp3) is 0.133. The third-order valence-corrected chi connectivity index (χ3v) is 3.35. The van der Waals surface area contributed by atoms with Crippen molar-refractivity contribution in [3.05, 3.63) is 65.2 Å². The molecule has 3 aromatic rings. The minimum absolute atomic E-state index is 0.0817. The van der Waals surface area contributed by atoms with Gasteiger partial charge in [-0.1, -0.05) is 0 Å². The van der Waals surface area contributed by atoms with E-state index in [0.717, 1.165) is 5.69 Å². The maximum Gasteiger partial charge on any atom is 0.319 e. The minimum atomic E-state index is -0.517. The SMILES string of the molecule is O=C(NCCn1cc([N+](=O)[O-])cn1)Nc1ccc(-n2cccn2)cc1. The van der Waals surface area contributed by atoms with E-state index in [0.29, 0.717) is 12.2 Å². The molecule has 0 aliphatic heterocycles. The first-order valence-corrected chi connectivity index (χ1v) is 7.43. The number of benzene rings is 1. The lowest BCUT2D eigenvalue weighted by Crippen LogP contribution is -2.31. The van der Waals surface area contributed by atoms with Gasteiger partial charge in [0.05, 0.1) is 17.2 Å². The topological polar surface area (TPSA) is 120 Å². The van der Waals surface area contributed by atoms with Gasteiger partial charge in [-0.3, -0.25) is 14.8 Å². The fourth-order valence-corrected chi connectivity index (χ4v) is 2.15. The Kier molecular flexibility index (Phi) is 4.69. The van der Waals surface area contributed by atoms with E-state index in [2.05, 4.69) is 20.8 Å². The number of carbonyl (C=O) groups excluding carboxylic acids is 1. The molecular weight excluding hydrogens is 326 g/mol. The smallest absolute Gasteiger partial charge is 0.319 e. The molecule has 0 aliphatic carbocycles. The third-order valence-electron chi connectivity index (χ3n) is 3.35. The highest BCUT2D eigenvalue weighted by molar-refractivity contribution is 5.89. The van der Waals surface area contributed by atoms with Gasteiger partial charge in [0.15, 0.2) is 0 Å². The molecule has 2 heterocycles. The van der Waals surface area contributed by atoms with E-state index in [1.165, 1.54) is 17.1 Å². The molecule has 128 valence electrons. The van der Waals surface area contributed by atoms with Gasteiger partial charge in [0.1, 0.15) is 12.4 Å². The Morgan fingerprint density at radius 3 is 2.68 bits per heavy atom. The van der Waals surface area contributed by atoms with Crippen LogP contribution < -0.4 is 10.6 Å². The Hall–Kier alpha value is -3.69. The molecule has 0 aliphatic rings. The highest BCUT2D eigenvalue weighted by atomic mass is 16.6. The summed E-state index contributed by atoms with van der Waals surface area (Å²) in [6, 6.07) is 8.68. The van der Waals surface area contributed by atoms with Gasteiger partial charge in [-0.05, 0) is 30.3 Å². The summed E-state index contributed by atoms with van der Waals surface area (Å²) in [5, 5.41) is 23.9. The maximum atomic E-state index is 11.9. The average molecular weight is 341 g/mol. The van der Waals surface area contributed by atoms with Crippen molar-refractivity contribution in [1.82, 2.24) is 24.9 Å². The third kappa shape index (κ3) is 4.19. The van der Waals surface area contributed by atoms with Crippen molar-refractivity contribution >= 4 is 17.4 Å². The second kappa shape index (κ2) is 7.25. The van der Waals surface area contributed by atoms with Crippen molar-refractivity contribution in [3.8, 4) is 5.69 Å². The first kappa shape index (κ1) is 16.2. The number of anilines is 1. The Morgan fingerprint density at radius 2 is 2.04 bits per heavy atom. The van der Waals surface area contributed by atoms with Crippen LogP contribution in [-0.2, 0) is 6.54 Å². The number of aromatic nitrogens is 4. The molecule has 0 bridgehead atoms. The molecule has 0 saturated heterocycles. The van der Waals surface area contributed by atoms with E-state index in [9.17, 15) is 14.9 Å². The molecule has 3 rings (SSSR count). The zero-order valence-electron chi connectivity index (χ0n) is 13.1. The van der Waals surface area contributed by atoms with Crippen LogP contribution >= 0.6 is 0 Å². The molecule has 2 aromatic heterocycles. The van der Waals surface area contributed by atoms with Gasteiger partial charge >= 0.3 is 11.7 Å². The number of hydrogen-bond acceptors (Lipinski definition) is 5. The molecule has 2 amide bonds. The number of nitrogens with one attached hydrogen (secondary N) is 2. The molecule has 2 N–H and O–H groups in total.